The second kappa shape index (κ2) is 6.22. The summed E-state index contributed by atoms with van der Waals surface area (Å²) in [6.45, 7) is 1.61. The summed E-state index contributed by atoms with van der Waals surface area (Å²) in [5.74, 6) is -0.0152. The number of hydrogen-bond acceptors (Lipinski definition) is 3. The Hall–Kier alpha value is -1.62. The predicted molar refractivity (Wildman–Crippen MR) is 73.2 cm³/mol. The van der Waals surface area contributed by atoms with Crippen LogP contribution in [0.1, 0.15) is 24.9 Å². The maximum Gasteiger partial charge on any atom is 0.228 e. The largest absolute Gasteiger partial charge is 0.497 e. The Labute approximate surface area is 118 Å². The number of benzene rings is 1. The standard InChI is InChI=1S/C15H20FNO3/c1-10(11-3-5-12(20-2)6-4-11)17-8-7-13(15(17)19)14(18)9-16/h3-6,10,13-14,18H,7-9H2,1-2H3/t10-,13?,14-/m1/s1. The van der Waals surface area contributed by atoms with E-state index in [4.69, 9.17) is 4.74 Å². The molecule has 0 aliphatic carbocycles. The van der Waals surface area contributed by atoms with Crippen molar-refractivity contribution in [1.29, 1.82) is 0 Å². The number of aliphatic hydroxyl groups is 1. The Balaban J connectivity index is 2.09. The lowest BCUT2D eigenvalue weighted by molar-refractivity contribution is -0.135. The molecule has 0 radical (unpaired) electrons. The summed E-state index contributed by atoms with van der Waals surface area (Å²) in [7, 11) is 1.60. The highest BCUT2D eigenvalue weighted by Crippen LogP contribution is 2.31. The van der Waals surface area contributed by atoms with Crippen molar-refractivity contribution in [2.24, 2.45) is 5.92 Å². The van der Waals surface area contributed by atoms with Crippen LogP contribution in [0.25, 0.3) is 0 Å². The molecule has 1 aliphatic rings. The maximum absolute atomic E-state index is 12.5. The second-order valence-electron chi connectivity index (χ2n) is 5.10. The van der Waals surface area contributed by atoms with Crippen LogP contribution in [0, 0.1) is 5.92 Å². The summed E-state index contributed by atoms with van der Waals surface area (Å²) in [6.07, 6.45) is -0.680. The van der Waals surface area contributed by atoms with E-state index in [1.54, 1.807) is 12.0 Å². The molecule has 4 nitrogen and oxygen atoms in total. The summed E-state index contributed by atoms with van der Waals surface area (Å²) < 4.78 is 17.6. The van der Waals surface area contributed by atoms with Gasteiger partial charge in [0.25, 0.3) is 0 Å². The lowest BCUT2D eigenvalue weighted by Gasteiger charge is -2.26. The zero-order chi connectivity index (χ0) is 14.7. The number of nitrogens with zero attached hydrogens (tertiary/aromatic N) is 1. The average Bonchev–Trinajstić information content (AvgIpc) is 2.87. The van der Waals surface area contributed by atoms with Crippen LogP contribution in [0.15, 0.2) is 24.3 Å². The third-order valence-corrected chi connectivity index (χ3v) is 3.97. The van der Waals surface area contributed by atoms with Crippen molar-refractivity contribution in [3.05, 3.63) is 29.8 Å². The highest BCUT2D eigenvalue weighted by molar-refractivity contribution is 5.82. The minimum atomic E-state index is -1.18. The first-order chi connectivity index (χ1) is 9.58. The van der Waals surface area contributed by atoms with Gasteiger partial charge in [-0.1, -0.05) is 12.1 Å². The summed E-state index contributed by atoms with van der Waals surface area (Å²) in [5.41, 5.74) is 0.995. The molecule has 3 atom stereocenters. The molecule has 1 aliphatic heterocycles. The molecule has 1 N–H and O–H groups in total. The molecule has 1 saturated heterocycles. The number of likely N-dealkylation sites (tertiary alicyclic amines) is 1. The SMILES string of the molecule is COc1ccc([C@@H](C)N2CCC([C@H](O)CF)C2=O)cc1. The number of amides is 1. The molecule has 0 aromatic heterocycles. The van der Waals surface area contributed by atoms with Crippen LogP contribution in [-0.2, 0) is 4.79 Å². The Bertz CT molecular complexity index is 463. The fourth-order valence-corrected chi connectivity index (χ4v) is 2.64. The molecular formula is C15H20FNO3. The van der Waals surface area contributed by atoms with Crippen molar-refractivity contribution >= 4 is 5.91 Å². The number of alkyl halides is 1. The van der Waals surface area contributed by atoms with Gasteiger partial charge < -0.3 is 14.7 Å². The van der Waals surface area contributed by atoms with E-state index in [9.17, 15) is 14.3 Å². The van der Waals surface area contributed by atoms with Crippen LogP contribution in [0.3, 0.4) is 0 Å². The van der Waals surface area contributed by atoms with Crippen LogP contribution >= 0.6 is 0 Å². The number of ether oxygens (including phenoxy) is 1. The van der Waals surface area contributed by atoms with Gasteiger partial charge in [-0.3, -0.25) is 4.79 Å². The van der Waals surface area contributed by atoms with Gasteiger partial charge in [0.05, 0.1) is 25.2 Å². The molecule has 0 saturated carbocycles. The smallest absolute Gasteiger partial charge is 0.228 e. The third kappa shape index (κ3) is 2.77. The molecule has 0 spiro atoms. The lowest BCUT2D eigenvalue weighted by atomic mass is 10.0. The monoisotopic (exact) mass is 281 g/mol. The molecule has 1 unspecified atom stereocenters. The summed E-state index contributed by atoms with van der Waals surface area (Å²) >= 11 is 0. The van der Waals surface area contributed by atoms with E-state index in [-0.39, 0.29) is 11.9 Å². The first-order valence-corrected chi connectivity index (χ1v) is 6.77. The first kappa shape index (κ1) is 14.8. The van der Waals surface area contributed by atoms with Gasteiger partial charge >= 0.3 is 0 Å². The van der Waals surface area contributed by atoms with Gasteiger partial charge in [0.15, 0.2) is 0 Å². The normalized spacial score (nSPS) is 21.9. The van der Waals surface area contributed by atoms with Crippen molar-refractivity contribution in [3.8, 4) is 5.75 Å². The second-order valence-corrected chi connectivity index (χ2v) is 5.10. The van der Waals surface area contributed by atoms with Crippen LogP contribution in [0.5, 0.6) is 5.75 Å². The fraction of sp³-hybridized carbons (Fsp3) is 0.533. The molecule has 0 bridgehead atoms. The van der Waals surface area contributed by atoms with Crippen LogP contribution < -0.4 is 4.74 Å². The Kier molecular flexibility index (Phi) is 4.60. The van der Waals surface area contributed by atoms with Gasteiger partial charge in [0.1, 0.15) is 12.4 Å². The Morgan fingerprint density at radius 1 is 1.45 bits per heavy atom. The highest BCUT2D eigenvalue weighted by atomic mass is 19.1. The Morgan fingerprint density at radius 3 is 2.65 bits per heavy atom. The van der Waals surface area contributed by atoms with Crippen molar-refractivity contribution in [3.63, 3.8) is 0 Å². The number of carbonyl (C=O) groups excluding carboxylic acids is 1. The fourth-order valence-electron chi connectivity index (χ4n) is 2.64. The summed E-state index contributed by atoms with van der Waals surface area (Å²) in [6, 6.07) is 7.43. The summed E-state index contributed by atoms with van der Waals surface area (Å²) in [4.78, 5) is 13.9. The van der Waals surface area contributed by atoms with E-state index < -0.39 is 18.7 Å². The van der Waals surface area contributed by atoms with E-state index in [0.717, 1.165) is 11.3 Å². The van der Waals surface area contributed by atoms with Crippen molar-refractivity contribution in [2.45, 2.75) is 25.5 Å². The zero-order valence-electron chi connectivity index (χ0n) is 11.8. The maximum atomic E-state index is 12.5. The molecule has 2 rings (SSSR count). The highest BCUT2D eigenvalue weighted by Gasteiger charge is 2.38. The van der Waals surface area contributed by atoms with Gasteiger partial charge in [-0.05, 0) is 31.0 Å². The van der Waals surface area contributed by atoms with Gasteiger partial charge in [0.2, 0.25) is 5.91 Å². The molecule has 110 valence electrons. The van der Waals surface area contributed by atoms with Crippen molar-refractivity contribution < 1.29 is 19.0 Å². The molecule has 1 aromatic rings. The molecular weight excluding hydrogens is 261 g/mol. The Morgan fingerprint density at radius 2 is 2.10 bits per heavy atom. The van der Waals surface area contributed by atoms with Gasteiger partial charge in [-0.25, -0.2) is 4.39 Å². The van der Waals surface area contributed by atoms with Crippen molar-refractivity contribution in [2.75, 3.05) is 20.3 Å². The molecule has 1 aromatic carbocycles. The minimum Gasteiger partial charge on any atom is -0.497 e. The number of carbonyl (C=O) groups is 1. The number of methoxy groups -OCH3 is 1. The first-order valence-electron chi connectivity index (χ1n) is 6.77. The summed E-state index contributed by atoms with van der Waals surface area (Å²) in [5, 5.41) is 9.53. The third-order valence-electron chi connectivity index (χ3n) is 3.97. The predicted octanol–water partition coefficient (Wildman–Crippen LogP) is 1.94. The van der Waals surface area contributed by atoms with Crippen LogP contribution in [0.2, 0.25) is 0 Å². The minimum absolute atomic E-state index is 0.0924. The molecule has 1 heterocycles. The lowest BCUT2D eigenvalue weighted by Crippen LogP contribution is -2.34. The molecule has 20 heavy (non-hydrogen) atoms. The number of aliphatic hydroxyl groups excluding tert-OH is 1. The van der Waals surface area contributed by atoms with Crippen molar-refractivity contribution in [1.82, 2.24) is 4.90 Å². The van der Waals surface area contributed by atoms with Gasteiger partial charge in [0, 0.05) is 6.54 Å². The topological polar surface area (TPSA) is 49.8 Å². The van der Waals surface area contributed by atoms with E-state index in [1.165, 1.54) is 0 Å². The van der Waals surface area contributed by atoms with E-state index in [1.807, 2.05) is 31.2 Å². The molecule has 1 amide bonds. The number of rotatable bonds is 5. The van der Waals surface area contributed by atoms with Gasteiger partial charge in [-0.15, -0.1) is 0 Å². The molecule has 5 heteroatoms. The van der Waals surface area contributed by atoms with E-state index in [0.29, 0.717) is 13.0 Å². The number of halogens is 1. The van der Waals surface area contributed by atoms with Crippen LogP contribution in [-0.4, -0.2) is 42.3 Å². The quantitative estimate of drug-likeness (QED) is 0.897. The molecule has 1 fully saturated rings. The van der Waals surface area contributed by atoms with E-state index in [2.05, 4.69) is 0 Å². The number of hydrogen-bond donors (Lipinski definition) is 1. The zero-order valence-corrected chi connectivity index (χ0v) is 11.8. The van der Waals surface area contributed by atoms with E-state index >= 15 is 0 Å². The van der Waals surface area contributed by atoms with Crippen LogP contribution in [0.4, 0.5) is 4.39 Å². The average molecular weight is 281 g/mol. The van der Waals surface area contributed by atoms with Gasteiger partial charge in [-0.2, -0.15) is 0 Å².